The van der Waals surface area contributed by atoms with Crippen LogP contribution in [0.15, 0.2) is 24.3 Å². The lowest BCUT2D eigenvalue weighted by molar-refractivity contribution is -0.136. The van der Waals surface area contributed by atoms with Crippen molar-refractivity contribution in [2.24, 2.45) is 0 Å². The molecule has 0 aliphatic carbocycles. The van der Waals surface area contributed by atoms with Gasteiger partial charge < -0.3 is 5.21 Å². The highest BCUT2D eigenvalue weighted by atomic mass is 31.0. The van der Waals surface area contributed by atoms with E-state index in [4.69, 9.17) is 0 Å². The van der Waals surface area contributed by atoms with Crippen LogP contribution in [0.25, 0.3) is 0 Å². The van der Waals surface area contributed by atoms with Gasteiger partial charge in [0.2, 0.25) is 5.91 Å². The van der Waals surface area contributed by atoms with Gasteiger partial charge in [0, 0.05) is 13.1 Å². The lowest BCUT2D eigenvalue weighted by Gasteiger charge is -2.35. The number of hydroxylamine groups is 2. The van der Waals surface area contributed by atoms with Gasteiger partial charge in [-0.3, -0.25) is 9.46 Å². The van der Waals surface area contributed by atoms with Crippen LogP contribution in [-0.2, 0) is 10.2 Å². The second-order valence-corrected chi connectivity index (χ2v) is 5.24. The summed E-state index contributed by atoms with van der Waals surface area (Å²) in [5.74, 6) is 0.136. The minimum Gasteiger partial charge on any atom is -0.314 e. The van der Waals surface area contributed by atoms with Gasteiger partial charge in [-0.25, -0.2) is 0 Å². The van der Waals surface area contributed by atoms with Crippen molar-refractivity contribution >= 4 is 21.0 Å². The number of hydrogen-bond acceptors (Lipinski definition) is 3. The monoisotopic (exact) mass is 250 g/mol. The number of nitrogens with zero attached hydrogens (tertiary/aromatic N) is 2. The van der Waals surface area contributed by atoms with Gasteiger partial charge in [0.25, 0.3) is 0 Å². The Labute approximate surface area is 102 Å². The van der Waals surface area contributed by atoms with Gasteiger partial charge in [-0.1, -0.05) is 18.2 Å². The summed E-state index contributed by atoms with van der Waals surface area (Å²) in [6.45, 7) is 1.11. The molecule has 1 atom stereocenters. The van der Waals surface area contributed by atoms with Crippen molar-refractivity contribution in [3.63, 3.8) is 0 Å². The summed E-state index contributed by atoms with van der Waals surface area (Å²) in [6.07, 6.45) is 1.37. The maximum absolute atomic E-state index is 12.5. The maximum Gasteiger partial charge on any atom is 0.240 e. The van der Waals surface area contributed by atoms with E-state index in [1.54, 1.807) is 4.67 Å². The van der Waals surface area contributed by atoms with Gasteiger partial charge in [-0.2, -0.15) is 5.06 Å². The first kappa shape index (κ1) is 11.1. The number of carbonyl (C=O) groups is 1. The lowest BCUT2D eigenvalue weighted by atomic mass is 9.74. The van der Waals surface area contributed by atoms with E-state index in [0.717, 1.165) is 11.3 Å². The summed E-state index contributed by atoms with van der Waals surface area (Å²) in [7, 11) is 2.50. The van der Waals surface area contributed by atoms with Crippen molar-refractivity contribution in [1.29, 1.82) is 0 Å². The third-order valence-electron chi connectivity index (χ3n) is 3.90. The molecule has 1 aromatic carbocycles. The molecule has 0 saturated carbocycles. The van der Waals surface area contributed by atoms with Gasteiger partial charge in [-0.05, 0) is 33.9 Å². The molecule has 90 valence electrons. The zero-order valence-electron chi connectivity index (χ0n) is 9.47. The molecule has 1 aromatic rings. The molecule has 2 heterocycles. The topological polar surface area (TPSA) is 43.8 Å². The zero-order valence-corrected chi connectivity index (χ0v) is 10.6. The number of fused-ring (bicyclic) bond motifs is 2. The highest BCUT2D eigenvalue weighted by Crippen LogP contribution is 2.48. The molecule has 0 aromatic heterocycles. The van der Waals surface area contributed by atoms with Crippen molar-refractivity contribution in [2.75, 3.05) is 17.8 Å². The molecule has 2 aliphatic rings. The van der Waals surface area contributed by atoms with E-state index >= 15 is 0 Å². The normalized spacial score (nSPS) is 23.2. The summed E-state index contributed by atoms with van der Waals surface area (Å²) < 4.78 is 1.67. The van der Waals surface area contributed by atoms with Crippen LogP contribution in [0.3, 0.4) is 0 Å². The number of hydrogen-bond donors (Lipinski definition) is 1. The molecule has 17 heavy (non-hydrogen) atoms. The highest BCUT2D eigenvalue weighted by molar-refractivity contribution is 7.21. The molecule has 1 unspecified atom stereocenters. The van der Waals surface area contributed by atoms with E-state index < -0.39 is 5.41 Å². The van der Waals surface area contributed by atoms with Gasteiger partial charge in [0.15, 0.2) is 0 Å². The predicted molar refractivity (Wildman–Crippen MR) is 67.9 cm³/mol. The van der Waals surface area contributed by atoms with Crippen molar-refractivity contribution < 1.29 is 10.0 Å². The first-order valence-corrected chi connectivity index (χ1v) is 6.29. The van der Waals surface area contributed by atoms with Crippen molar-refractivity contribution in [2.45, 2.75) is 18.3 Å². The molecular formula is C12H15N2O2P. The Morgan fingerprint density at radius 2 is 1.88 bits per heavy atom. The van der Waals surface area contributed by atoms with Crippen LogP contribution in [0, 0.1) is 0 Å². The van der Waals surface area contributed by atoms with Crippen molar-refractivity contribution in [1.82, 2.24) is 5.06 Å². The second-order valence-electron chi connectivity index (χ2n) is 4.73. The molecule has 0 radical (unpaired) electrons. The molecule has 1 saturated heterocycles. The fourth-order valence-corrected chi connectivity index (χ4v) is 3.38. The van der Waals surface area contributed by atoms with E-state index in [-0.39, 0.29) is 5.91 Å². The molecule has 5 heteroatoms. The predicted octanol–water partition coefficient (Wildman–Crippen LogP) is 1.55. The fraction of sp³-hybridized carbons (Fsp3) is 0.417. The molecule has 1 fully saturated rings. The van der Waals surface area contributed by atoms with E-state index in [0.29, 0.717) is 25.9 Å². The summed E-state index contributed by atoms with van der Waals surface area (Å²) >= 11 is 0. The van der Waals surface area contributed by atoms with E-state index in [1.165, 1.54) is 5.06 Å². The van der Waals surface area contributed by atoms with E-state index in [2.05, 4.69) is 9.39 Å². The molecule has 1 N–H and O–H groups in total. The first-order chi connectivity index (χ1) is 8.15. The second kappa shape index (κ2) is 3.77. The number of para-hydroxylation sites is 1. The SMILES string of the molecule is O=C1N(P)c2ccccc2C12CCN(O)CC2. The Morgan fingerprint density at radius 3 is 2.59 bits per heavy atom. The molecular weight excluding hydrogens is 235 g/mol. The minimum atomic E-state index is -0.419. The van der Waals surface area contributed by atoms with Crippen molar-refractivity contribution in [3.05, 3.63) is 29.8 Å². The Kier molecular flexibility index (Phi) is 2.47. The summed E-state index contributed by atoms with van der Waals surface area (Å²) in [5.41, 5.74) is 1.67. The largest absolute Gasteiger partial charge is 0.314 e. The summed E-state index contributed by atoms with van der Waals surface area (Å²) in [5, 5.41) is 10.8. The third kappa shape index (κ3) is 1.45. The van der Waals surface area contributed by atoms with Crippen LogP contribution >= 0.6 is 9.39 Å². The van der Waals surface area contributed by atoms with Crippen LogP contribution in [0.2, 0.25) is 0 Å². The molecule has 4 nitrogen and oxygen atoms in total. The van der Waals surface area contributed by atoms with Crippen molar-refractivity contribution in [3.8, 4) is 0 Å². The summed E-state index contributed by atoms with van der Waals surface area (Å²) in [6, 6.07) is 7.93. The number of carbonyl (C=O) groups excluding carboxylic acids is 1. The third-order valence-corrected chi connectivity index (χ3v) is 4.41. The molecule has 3 rings (SSSR count). The average molecular weight is 250 g/mol. The van der Waals surface area contributed by atoms with Gasteiger partial charge in [-0.15, -0.1) is 0 Å². The van der Waals surface area contributed by atoms with Gasteiger partial charge in [0.05, 0.1) is 11.1 Å². The minimum absolute atomic E-state index is 0.136. The van der Waals surface area contributed by atoms with Crippen LogP contribution in [0.1, 0.15) is 18.4 Å². The molecule has 0 bridgehead atoms. The Morgan fingerprint density at radius 1 is 1.24 bits per heavy atom. The number of piperidine rings is 1. The molecule has 1 spiro atoms. The Balaban J connectivity index is 2.09. The standard InChI is InChI=1S/C12H15N2O2P/c15-11-12(5-7-13(16)8-6-12)9-3-1-2-4-10(9)14(11)17/h1-4,16H,5-8,17H2. The van der Waals surface area contributed by atoms with Crippen LogP contribution in [0.5, 0.6) is 0 Å². The van der Waals surface area contributed by atoms with E-state index in [1.807, 2.05) is 24.3 Å². The Hall–Kier alpha value is -0.960. The lowest BCUT2D eigenvalue weighted by Crippen LogP contribution is -2.46. The number of benzene rings is 1. The molecule has 1 amide bonds. The Bertz CT molecular complexity index is 469. The summed E-state index contributed by atoms with van der Waals surface area (Å²) in [4.78, 5) is 12.5. The van der Waals surface area contributed by atoms with Gasteiger partial charge in [0.1, 0.15) is 0 Å². The van der Waals surface area contributed by atoms with Crippen LogP contribution in [0.4, 0.5) is 5.69 Å². The van der Waals surface area contributed by atoms with E-state index in [9.17, 15) is 10.0 Å². The van der Waals surface area contributed by atoms with Crippen LogP contribution < -0.4 is 4.67 Å². The highest BCUT2D eigenvalue weighted by Gasteiger charge is 2.50. The van der Waals surface area contributed by atoms with Crippen LogP contribution in [-0.4, -0.2) is 29.3 Å². The maximum atomic E-state index is 12.5. The average Bonchev–Trinajstić information content (AvgIpc) is 2.57. The first-order valence-electron chi connectivity index (χ1n) is 5.78. The number of amides is 1. The number of rotatable bonds is 0. The molecule has 2 aliphatic heterocycles. The quantitative estimate of drug-likeness (QED) is 0.710. The van der Waals surface area contributed by atoms with Gasteiger partial charge >= 0.3 is 0 Å². The smallest absolute Gasteiger partial charge is 0.240 e. The zero-order chi connectivity index (χ0) is 12.0. The number of anilines is 1. The fourth-order valence-electron chi connectivity index (χ4n) is 2.90.